The third kappa shape index (κ3) is 5.44. The van der Waals surface area contributed by atoms with Crippen LogP contribution in [0.5, 0.6) is 5.75 Å². The lowest BCUT2D eigenvalue weighted by molar-refractivity contribution is 0.224. The largest absolute Gasteiger partial charge is 0.484 e. The summed E-state index contributed by atoms with van der Waals surface area (Å²) in [5.74, 6) is 2.81. The first-order valence-corrected chi connectivity index (χ1v) is 19.0. The quantitative estimate of drug-likeness (QED) is 0.172. The van der Waals surface area contributed by atoms with Gasteiger partial charge in [0.25, 0.3) is 0 Å². The van der Waals surface area contributed by atoms with E-state index in [0.29, 0.717) is 17.5 Å². The predicted molar refractivity (Wildman–Crippen MR) is 225 cm³/mol. The maximum absolute atomic E-state index is 6.90. The Hall–Kier alpha value is -7.37. The second-order valence-corrected chi connectivity index (χ2v) is 14.4. The highest BCUT2D eigenvalue weighted by Crippen LogP contribution is 2.53. The molecule has 3 heterocycles. The molecule has 0 radical (unpaired) electrons. The van der Waals surface area contributed by atoms with E-state index in [1.165, 1.54) is 22.1 Å². The summed E-state index contributed by atoms with van der Waals surface area (Å²) < 4.78 is 9.28. The molecule has 0 saturated heterocycles. The van der Waals surface area contributed by atoms with Crippen LogP contribution in [0, 0.1) is 0 Å². The number of hydrogen-bond donors (Lipinski definition) is 0. The summed E-state index contributed by atoms with van der Waals surface area (Å²) in [6.45, 7) is 0. The van der Waals surface area contributed by atoms with Crippen molar-refractivity contribution >= 4 is 17.0 Å². The monoisotopic (exact) mass is 718 g/mol. The van der Waals surface area contributed by atoms with E-state index in [0.717, 1.165) is 56.0 Å². The Morgan fingerprint density at radius 1 is 0.446 bits per heavy atom. The van der Waals surface area contributed by atoms with E-state index in [4.69, 9.17) is 19.7 Å². The van der Waals surface area contributed by atoms with Crippen LogP contribution in [-0.4, -0.2) is 19.5 Å². The summed E-state index contributed by atoms with van der Waals surface area (Å²) in [6, 6.07) is 63.4. The van der Waals surface area contributed by atoms with Crippen molar-refractivity contribution in [3.63, 3.8) is 0 Å². The number of nitrogens with zero attached hydrogens (tertiary/aromatic N) is 4. The highest BCUT2D eigenvalue weighted by molar-refractivity contribution is 5.92. The Balaban J connectivity index is 1.00. The van der Waals surface area contributed by atoms with Crippen LogP contribution in [0.4, 0.5) is 0 Å². The molecular formula is C51H34N4O. The Morgan fingerprint density at radius 3 is 1.71 bits per heavy atom. The molecule has 0 N–H and O–H groups in total. The molecule has 1 aliphatic carbocycles. The van der Waals surface area contributed by atoms with Crippen LogP contribution in [0.15, 0.2) is 188 Å². The lowest BCUT2D eigenvalue weighted by Gasteiger charge is -2.22. The first-order valence-electron chi connectivity index (χ1n) is 19.0. The fourth-order valence-electron chi connectivity index (χ4n) is 8.37. The standard InChI is InChI=1S/C51H34N4O/c1-4-14-33(15-5-1)36-20-12-22-38(30-36)50-52-49(35-18-8-3-9-19-35)53-51(54-50)39-26-29-46-43(32-39)41-27-28-45-47(48(41)56-46)42-24-10-11-25-44(42)55(45)40-23-13-21-37(31-40)34-16-6-2-7-17-34/h1-32,41,48H. The Bertz CT molecular complexity index is 2950. The van der Waals surface area contributed by atoms with E-state index >= 15 is 0 Å². The van der Waals surface area contributed by atoms with E-state index in [1.54, 1.807) is 0 Å². The number of benzene rings is 7. The Morgan fingerprint density at radius 2 is 1.00 bits per heavy atom. The van der Waals surface area contributed by atoms with Gasteiger partial charge in [-0.1, -0.05) is 146 Å². The van der Waals surface area contributed by atoms with Crippen LogP contribution in [0.1, 0.15) is 28.8 Å². The molecule has 5 heteroatoms. The highest BCUT2D eigenvalue weighted by Gasteiger charge is 2.40. The molecule has 0 bridgehead atoms. The minimum absolute atomic E-state index is 0.0322. The normalized spacial score (nSPS) is 15.2. The summed E-state index contributed by atoms with van der Waals surface area (Å²) in [6.07, 6.45) is 4.42. The van der Waals surface area contributed by atoms with Crippen LogP contribution in [-0.2, 0) is 0 Å². The highest BCUT2D eigenvalue weighted by atomic mass is 16.5. The fraction of sp³-hybridized carbons (Fsp3) is 0.0392. The predicted octanol–water partition coefficient (Wildman–Crippen LogP) is 12.4. The van der Waals surface area contributed by atoms with Gasteiger partial charge < -0.3 is 9.30 Å². The first-order chi connectivity index (χ1) is 27.7. The van der Waals surface area contributed by atoms with E-state index in [9.17, 15) is 0 Å². The summed E-state index contributed by atoms with van der Waals surface area (Å²) in [7, 11) is 0. The van der Waals surface area contributed by atoms with E-state index in [2.05, 4.69) is 162 Å². The summed E-state index contributed by atoms with van der Waals surface area (Å²) in [4.78, 5) is 15.2. The molecule has 0 spiro atoms. The Kier molecular flexibility index (Phi) is 7.56. The number of hydrogen-bond acceptors (Lipinski definition) is 4. The lowest BCUT2D eigenvalue weighted by Crippen LogP contribution is -2.13. The molecule has 56 heavy (non-hydrogen) atoms. The smallest absolute Gasteiger partial charge is 0.164 e. The van der Waals surface area contributed by atoms with Crippen molar-refractivity contribution in [1.29, 1.82) is 0 Å². The lowest BCUT2D eigenvalue weighted by atomic mass is 9.85. The summed E-state index contributed by atoms with van der Waals surface area (Å²) in [5, 5.41) is 1.20. The molecule has 264 valence electrons. The maximum Gasteiger partial charge on any atom is 0.164 e. The van der Waals surface area contributed by atoms with Gasteiger partial charge in [0, 0.05) is 44.8 Å². The number of fused-ring (bicyclic) bond motifs is 7. The maximum atomic E-state index is 6.90. The van der Waals surface area contributed by atoms with Gasteiger partial charge in [-0.25, -0.2) is 15.0 Å². The Labute approximate surface area is 324 Å². The first kappa shape index (κ1) is 32.1. The third-order valence-corrected chi connectivity index (χ3v) is 11.0. The number of para-hydroxylation sites is 1. The molecular weight excluding hydrogens is 685 g/mol. The summed E-state index contributed by atoms with van der Waals surface area (Å²) in [5.41, 5.74) is 13.2. The summed E-state index contributed by atoms with van der Waals surface area (Å²) >= 11 is 0. The molecule has 5 nitrogen and oxygen atoms in total. The molecule has 9 aromatic rings. The van der Waals surface area contributed by atoms with Gasteiger partial charge in [-0.15, -0.1) is 0 Å². The van der Waals surface area contributed by atoms with Gasteiger partial charge in [-0.05, 0) is 70.8 Å². The number of aromatic nitrogens is 4. The van der Waals surface area contributed by atoms with Crippen LogP contribution >= 0.6 is 0 Å². The van der Waals surface area contributed by atoms with E-state index in [1.807, 2.05) is 36.4 Å². The van der Waals surface area contributed by atoms with E-state index < -0.39 is 0 Å². The van der Waals surface area contributed by atoms with Gasteiger partial charge in [0.15, 0.2) is 17.5 Å². The SMILES string of the molecule is C1=CC2c3cc(-c4nc(-c5ccccc5)nc(-c5cccc(-c6ccccc6)c5)n4)ccc3OC2c2c1n(-c1cccc(-c3ccccc3)c1)c1ccccc21. The molecule has 2 aromatic heterocycles. The second-order valence-electron chi connectivity index (χ2n) is 14.4. The van der Waals surface area contributed by atoms with Crippen LogP contribution in [0.2, 0.25) is 0 Å². The van der Waals surface area contributed by atoms with E-state index in [-0.39, 0.29) is 12.0 Å². The zero-order valence-electron chi connectivity index (χ0n) is 30.3. The van der Waals surface area contributed by atoms with Gasteiger partial charge in [0.1, 0.15) is 11.9 Å². The zero-order chi connectivity index (χ0) is 37.0. The molecule has 11 rings (SSSR count). The molecule has 2 aliphatic rings. The van der Waals surface area contributed by atoms with Crippen LogP contribution < -0.4 is 4.74 Å². The fourth-order valence-corrected chi connectivity index (χ4v) is 8.37. The topological polar surface area (TPSA) is 52.8 Å². The molecule has 0 amide bonds. The minimum Gasteiger partial charge on any atom is -0.484 e. The van der Waals surface area contributed by atoms with Gasteiger partial charge >= 0.3 is 0 Å². The molecule has 0 fully saturated rings. The van der Waals surface area contributed by atoms with Crippen LogP contribution in [0.3, 0.4) is 0 Å². The average Bonchev–Trinajstić information content (AvgIpc) is 3.83. The van der Waals surface area contributed by atoms with Gasteiger partial charge in [-0.3, -0.25) is 0 Å². The molecule has 0 saturated carbocycles. The van der Waals surface area contributed by atoms with Crippen molar-refractivity contribution < 1.29 is 4.74 Å². The molecule has 1 aliphatic heterocycles. The molecule has 2 atom stereocenters. The van der Waals surface area contributed by atoms with Crippen molar-refractivity contribution in [1.82, 2.24) is 19.5 Å². The second kappa shape index (κ2) is 13.2. The minimum atomic E-state index is -0.168. The van der Waals surface area contributed by atoms with Crippen molar-refractivity contribution in [2.24, 2.45) is 0 Å². The van der Waals surface area contributed by atoms with Crippen molar-refractivity contribution in [3.8, 4) is 67.9 Å². The number of ether oxygens (including phenoxy) is 1. The van der Waals surface area contributed by atoms with Gasteiger partial charge in [-0.2, -0.15) is 0 Å². The van der Waals surface area contributed by atoms with Crippen LogP contribution in [0.25, 0.3) is 79.1 Å². The average molecular weight is 719 g/mol. The van der Waals surface area contributed by atoms with Crippen molar-refractivity contribution in [3.05, 3.63) is 205 Å². The number of rotatable bonds is 6. The van der Waals surface area contributed by atoms with Crippen molar-refractivity contribution in [2.75, 3.05) is 0 Å². The zero-order valence-corrected chi connectivity index (χ0v) is 30.3. The molecule has 2 unspecified atom stereocenters. The van der Waals surface area contributed by atoms with Gasteiger partial charge in [0.2, 0.25) is 0 Å². The van der Waals surface area contributed by atoms with Gasteiger partial charge in [0.05, 0.1) is 11.2 Å². The van der Waals surface area contributed by atoms with Crippen molar-refractivity contribution in [2.45, 2.75) is 12.0 Å². The molecule has 7 aromatic carbocycles. The third-order valence-electron chi connectivity index (χ3n) is 11.0.